The van der Waals surface area contributed by atoms with Crippen LogP contribution in [0, 0.1) is 0 Å². The molecule has 1 unspecified atom stereocenters. The van der Waals surface area contributed by atoms with Gasteiger partial charge in [0.05, 0.1) is 17.1 Å². The molecular weight excluding hydrogens is 432 g/mol. The molecule has 0 fully saturated rings. The van der Waals surface area contributed by atoms with E-state index in [0.29, 0.717) is 41.8 Å². The summed E-state index contributed by atoms with van der Waals surface area (Å²) in [4.78, 5) is 13.2. The lowest BCUT2D eigenvalue weighted by Gasteiger charge is -2.34. The molecule has 164 valence electrons. The molecule has 0 spiro atoms. The first kappa shape index (κ1) is 20.2. The van der Waals surface area contributed by atoms with Crippen molar-refractivity contribution in [1.82, 2.24) is 0 Å². The number of carbonyl (C=O) groups is 1. The van der Waals surface area contributed by atoms with E-state index in [1.54, 1.807) is 60.7 Å². The SMILES string of the molecule is O=C(Nc1ccc2c(c1)OCCO2)C1CN(S(=O)(=O)c2ccccc2)c2ccccc2O1. The minimum Gasteiger partial charge on any atom is -0.486 e. The van der Waals surface area contributed by atoms with Gasteiger partial charge in [0.2, 0.25) is 0 Å². The number of rotatable bonds is 4. The molecule has 0 bridgehead atoms. The monoisotopic (exact) mass is 452 g/mol. The predicted octanol–water partition coefficient (Wildman–Crippen LogP) is 3.05. The maximum atomic E-state index is 13.3. The molecule has 0 saturated carbocycles. The van der Waals surface area contributed by atoms with Crippen LogP contribution in [0.2, 0.25) is 0 Å². The van der Waals surface area contributed by atoms with E-state index >= 15 is 0 Å². The second-order valence-electron chi connectivity index (χ2n) is 7.27. The molecular formula is C23H20N2O6S. The van der Waals surface area contributed by atoms with Crippen LogP contribution in [0.4, 0.5) is 11.4 Å². The van der Waals surface area contributed by atoms with Crippen molar-refractivity contribution >= 4 is 27.3 Å². The third-order valence-electron chi connectivity index (χ3n) is 5.17. The van der Waals surface area contributed by atoms with Crippen LogP contribution in [0.5, 0.6) is 17.2 Å². The van der Waals surface area contributed by atoms with Crippen LogP contribution < -0.4 is 23.8 Å². The molecule has 8 nitrogen and oxygen atoms in total. The lowest BCUT2D eigenvalue weighted by Crippen LogP contribution is -2.48. The van der Waals surface area contributed by atoms with Crippen molar-refractivity contribution in [3.63, 3.8) is 0 Å². The molecule has 1 atom stereocenters. The highest BCUT2D eigenvalue weighted by atomic mass is 32.2. The van der Waals surface area contributed by atoms with Gasteiger partial charge in [0, 0.05) is 11.8 Å². The predicted molar refractivity (Wildman–Crippen MR) is 118 cm³/mol. The molecule has 5 rings (SSSR count). The topological polar surface area (TPSA) is 94.2 Å². The number of amides is 1. The Kier molecular flexibility index (Phi) is 5.10. The Morgan fingerprint density at radius 3 is 2.41 bits per heavy atom. The summed E-state index contributed by atoms with van der Waals surface area (Å²) in [5, 5.41) is 2.78. The van der Waals surface area contributed by atoms with Crippen LogP contribution in [0.3, 0.4) is 0 Å². The van der Waals surface area contributed by atoms with E-state index in [2.05, 4.69) is 5.32 Å². The van der Waals surface area contributed by atoms with E-state index in [1.165, 1.54) is 16.4 Å². The molecule has 1 N–H and O–H groups in total. The van der Waals surface area contributed by atoms with Gasteiger partial charge >= 0.3 is 0 Å². The summed E-state index contributed by atoms with van der Waals surface area (Å²) in [5.74, 6) is 1.000. The molecule has 3 aromatic rings. The summed E-state index contributed by atoms with van der Waals surface area (Å²) in [6.45, 7) is 0.740. The third kappa shape index (κ3) is 3.71. The fraction of sp³-hybridized carbons (Fsp3) is 0.174. The fourth-order valence-electron chi connectivity index (χ4n) is 3.63. The van der Waals surface area contributed by atoms with Crippen LogP contribution in [-0.2, 0) is 14.8 Å². The number of hydrogen-bond acceptors (Lipinski definition) is 6. The number of fused-ring (bicyclic) bond motifs is 2. The number of para-hydroxylation sites is 2. The molecule has 2 heterocycles. The Balaban J connectivity index is 1.43. The first-order valence-corrected chi connectivity index (χ1v) is 11.5. The van der Waals surface area contributed by atoms with Gasteiger partial charge in [-0.1, -0.05) is 30.3 Å². The van der Waals surface area contributed by atoms with E-state index in [-0.39, 0.29) is 11.4 Å². The van der Waals surface area contributed by atoms with Crippen molar-refractivity contribution in [1.29, 1.82) is 0 Å². The van der Waals surface area contributed by atoms with E-state index in [0.717, 1.165) is 0 Å². The Morgan fingerprint density at radius 1 is 0.875 bits per heavy atom. The van der Waals surface area contributed by atoms with E-state index in [4.69, 9.17) is 14.2 Å². The molecule has 0 radical (unpaired) electrons. The number of carbonyl (C=O) groups excluding carboxylic acids is 1. The average molecular weight is 452 g/mol. The highest BCUT2D eigenvalue weighted by molar-refractivity contribution is 7.92. The fourth-order valence-corrected chi connectivity index (χ4v) is 5.13. The second kappa shape index (κ2) is 8.08. The Morgan fingerprint density at radius 2 is 1.59 bits per heavy atom. The summed E-state index contributed by atoms with van der Waals surface area (Å²) in [6, 6.07) is 20.0. The van der Waals surface area contributed by atoms with Gasteiger partial charge in [0.1, 0.15) is 19.0 Å². The molecule has 9 heteroatoms. The van der Waals surface area contributed by atoms with Crippen molar-refractivity contribution < 1.29 is 27.4 Å². The molecule has 2 aliphatic heterocycles. The number of ether oxygens (including phenoxy) is 3. The highest BCUT2D eigenvalue weighted by Gasteiger charge is 2.37. The number of sulfonamides is 1. The third-order valence-corrected chi connectivity index (χ3v) is 6.96. The molecule has 32 heavy (non-hydrogen) atoms. The molecule has 0 saturated heterocycles. The molecule has 0 aliphatic carbocycles. The Bertz CT molecular complexity index is 1260. The van der Waals surface area contributed by atoms with Gasteiger partial charge in [-0.05, 0) is 36.4 Å². The van der Waals surface area contributed by atoms with Crippen molar-refractivity contribution in [2.24, 2.45) is 0 Å². The molecule has 3 aromatic carbocycles. The van der Waals surface area contributed by atoms with Crippen molar-refractivity contribution in [2.75, 3.05) is 29.4 Å². The number of anilines is 2. The lowest BCUT2D eigenvalue weighted by molar-refractivity contribution is -0.122. The van der Waals surface area contributed by atoms with Gasteiger partial charge in [-0.2, -0.15) is 0 Å². The van der Waals surface area contributed by atoms with Crippen molar-refractivity contribution in [2.45, 2.75) is 11.0 Å². The maximum absolute atomic E-state index is 13.3. The highest BCUT2D eigenvalue weighted by Crippen LogP contribution is 2.37. The minimum absolute atomic E-state index is 0.141. The van der Waals surface area contributed by atoms with Crippen LogP contribution >= 0.6 is 0 Å². The van der Waals surface area contributed by atoms with Gasteiger partial charge in [-0.25, -0.2) is 8.42 Å². The molecule has 1 amide bonds. The summed E-state index contributed by atoms with van der Waals surface area (Å²) < 4.78 is 44.8. The van der Waals surface area contributed by atoms with Gasteiger partial charge < -0.3 is 19.5 Å². The van der Waals surface area contributed by atoms with Crippen LogP contribution in [0.25, 0.3) is 0 Å². The number of hydrogen-bond donors (Lipinski definition) is 1. The molecule has 0 aromatic heterocycles. The van der Waals surface area contributed by atoms with Crippen LogP contribution in [0.15, 0.2) is 77.7 Å². The summed E-state index contributed by atoms with van der Waals surface area (Å²) in [5.41, 5.74) is 0.888. The minimum atomic E-state index is -3.89. The standard InChI is InChI=1S/C23H20N2O6S/c26-23(24-16-10-11-20-21(14-16)30-13-12-29-20)22-15-25(18-8-4-5-9-19(18)31-22)32(27,28)17-6-2-1-3-7-17/h1-11,14,22H,12-13,15H2,(H,24,26). The lowest BCUT2D eigenvalue weighted by atomic mass is 10.2. The zero-order valence-corrected chi connectivity index (χ0v) is 17.7. The first-order valence-electron chi connectivity index (χ1n) is 10.1. The van der Waals surface area contributed by atoms with Gasteiger partial charge in [0.25, 0.3) is 15.9 Å². The largest absolute Gasteiger partial charge is 0.486 e. The van der Waals surface area contributed by atoms with Gasteiger partial charge in [0.15, 0.2) is 17.6 Å². The normalized spacial score (nSPS) is 17.1. The molecule has 2 aliphatic rings. The zero-order valence-electron chi connectivity index (χ0n) is 16.9. The quantitative estimate of drug-likeness (QED) is 0.654. The summed E-state index contributed by atoms with van der Waals surface area (Å²) in [6.07, 6.45) is -1.04. The summed E-state index contributed by atoms with van der Waals surface area (Å²) in [7, 11) is -3.89. The van der Waals surface area contributed by atoms with Gasteiger partial charge in [-0.15, -0.1) is 0 Å². The number of benzene rings is 3. The maximum Gasteiger partial charge on any atom is 0.267 e. The average Bonchev–Trinajstić information content (AvgIpc) is 2.83. The smallest absolute Gasteiger partial charge is 0.267 e. The summed E-state index contributed by atoms with van der Waals surface area (Å²) >= 11 is 0. The van der Waals surface area contributed by atoms with Gasteiger partial charge in [-0.3, -0.25) is 9.10 Å². The van der Waals surface area contributed by atoms with E-state index < -0.39 is 22.0 Å². The number of nitrogens with zero attached hydrogens (tertiary/aromatic N) is 1. The Hall–Kier alpha value is -3.72. The van der Waals surface area contributed by atoms with Crippen LogP contribution in [0.1, 0.15) is 0 Å². The first-order chi connectivity index (χ1) is 15.5. The van der Waals surface area contributed by atoms with Crippen molar-refractivity contribution in [3.05, 3.63) is 72.8 Å². The second-order valence-corrected chi connectivity index (χ2v) is 9.13. The van der Waals surface area contributed by atoms with Crippen molar-refractivity contribution in [3.8, 4) is 17.2 Å². The number of nitrogens with one attached hydrogen (secondary N) is 1. The Labute approximate surface area is 185 Å². The zero-order chi connectivity index (χ0) is 22.1. The van der Waals surface area contributed by atoms with Crippen LogP contribution in [-0.4, -0.2) is 40.2 Å². The van der Waals surface area contributed by atoms with E-state index in [1.807, 2.05) is 0 Å². The van der Waals surface area contributed by atoms with E-state index in [9.17, 15) is 13.2 Å².